The van der Waals surface area contributed by atoms with Gasteiger partial charge in [0.2, 0.25) is 5.91 Å². The van der Waals surface area contributed by atoms with Crippen LogP contribution in [0.15, 0.2) is 0 Å². The minimum atomic E-state index is 0.0342. The number of likely N-dealkylation sites (tertiary alicyclic amines) is 1. The van der Waals surface area contributed by atoms with E-state index in [0.717, 1.165) is 45.2 Å². The molecule has 0 bridgehead atoms. The Morgan fingerprint density at radius 2 is 2.00 bits per heavy atom. The average Bonchev–Trinajstić information content (AvgIpc) is 2.28. The highest BCUT2D eigenvalue weighted by Crippen LogP contribution is 2.45. The van der Waals surface area contributed by atoms with Gasteiger partial charge in [-0.15, -0.1) is 0 Å². The number of carbonyl (C=O) groups excluding carboxylic acids is 1. The normalized spacial score (nSPS) is 25.2. The quantitative estimate of drug-likeness (QED) is 0.792. The van der Waals surface area contributed by atoms with Crippen molar-refractivity contribution in [3.05, 3.63) is 0 Å². The summed E-state index contributed by atoms with van der Waals surface area (Å²) in [4.78, 5) is 14.5. The van der Waals surface area contributed by atoms with Crippen LogP contribution in [0.5, 0.6) is 0 Å². The molecule has 16 heavy (non-hydrogen) atoms. The highest BCUT2D eigenvalue weighted by molar-refractivity contribution is 5.83. The Bertz CT molecular complexity index is 247. The van der Waals surface area contributed by atoms with Crippen LogP contribution in [-0.4, -0.2) is 37.0 Å². The molecule has 2 aliphatic rings. The Labute approximate surface area is 98.6 Å². The van der Waals surface area contributed by atoms with Crippen LogP contribution >= 0.6 is 0 Å². The summed E-state index contributed by atoms with van der Waals surface area (Å²) in [5.74, 6) is 0.441. The number of nitrogens with one attached hydrogen (secondary N) is 1. The first-order valence-electron chi connectivity index (χ1n) is 6.68. The topological polar surface area (TPSA) is 32.3 Å². The molecule has 1 saturated heterocycles. The van der Waals surface area contributed by atoms with Crippen molar-refractivity contribution < 1.29 is 4.79 Å². The van der Waals surface area contributed by atoms with Gasteiger partial charge in [-0.3, -0.25) is 4.79 Å². The Morgan fingerprint density at radius 1 is 1.38 bits per heavy atom. The fraction of sp³-hybridized carbons (Fsp3) is 0.923. The summed E-state index contributed by atoms with van der Waals surface area (Å²) in [5.41, 5.74) is 0.0342. The molecule has 3 heteroatoms. The molecule has 1 aliphatic carbocycles. The zero-order chi connectivity index (χ0) is 11.6. The van der Waals surface area contributed by atoms with Crippen LogP contribution in [-0.2, 0) is 4.79 Å². The maximum absolute atomic E-state index is 12.4. The Morgan fingerprint density at radius 3 is 2.38 bits per heavy atom. The fourth-order valence-corrected chi connectivity index (χ4v) is 3.03. The van der Waals surface area contributed by atoms with Crippen molar-refractivity contribution in [1.82, 2.24) is 10.2 Å². The van der Waals surface area contributed by atoms with E-state index in [1.54, 1.807) is 0 Å². The van der Waals surface area contributed by atoms with Crippen LogP contribution in [0.2, 0.25) is 0 Å². The summed E-state index contributed by atoms with van der Waals surface area (Å²) in [6.07, 6.45) is 6.73. The Hall–Kier alpha value is -0.570. The molecule has 1 amide bonds. The molecule has 2 fully saturated rings. The van der Waals surface area contributed by atoms with Gasteiger partial charge in [0.05, 0.1) is 0 Å². The van der Waals surface area contributed by atoms with E-state index in [2.05, 4.69) is 17.1 Å². The molecule has 92 valence electrons. The minimum absolute atomic E-state index is 0.0342. The first-order valence-corrected chi connectivity index (χ1v) is 6.68. The van der Waals surface area contributed by atoms with Crippen molar-refractivity contribution in [2.75, 3.05) is 20.1 Å². The van der Waals surface area contributed by atoms with Crippen molar-refractivity contribution in [3.8, 4) is 0 Å². The van der Waals surface area contributed by atoms with Gasteiger partial charge in [-0.1, -0.05) is 13.3 Å². The maximum atomic E-state index is 12.4. The van der Waals surface area contributed by atoms with Crippen LogP contribution in [0.1, 0.15) is 45.4 Å². The summed E-state index contributed by atoms with van der Waals surface area (Å²) in [7, 11) is 2.02. The van der Waals surface area contributed by atoms with Crippen LogP contribution in [0.4, 0.5) is 0 Å². The van der Waals surface area contributed by atoms with Crippen LogP contribution in [0, 0.1) is 5.41 Å². The van der Waals surface area contributed by atoms with Crippen LogP contribution in [0.25, 0.3) is 0 Å². The van der Waals surface area contributed by atoms with E-state index in [0.29, 0.717) is 11.9 Å². The summed E-state index contributed by atoms with van der Waals surface area (Å²) < 4.78 is 0. The number of hydrogen-bond acceptors (Lipinski definition) is 2. The number of carbonyl (C=O) groups is 1. The lowest BCUT2D eigenvalue weighted by Gasteiger charge is -2.44. The third kappa shape index (κ3) is 1.97. The largest absolute Gasteiger partial charge is 0.342 e. The molecule has 2 rings (SSSR count). The molecular formula is C13H24N2O. The van der Waals surface area contributed by atoms with Crippen molar-refractivity contribution in [2.24, 2.45) is 5.41 Å². The van der Waals surface area contributed by atoms with Gasteiger partial charge in [0.1, 0.15) is 0 Å². The van der Waals surface area contributed by atoms with Gasteiger partial charge < -0.3 is 10.2 Å². The molecule has 0 atom stereocenters. The Balaban J connectivity index is 1.91. The van der Waals surface area contributed by atoms with Gasteiger partial charge in [-0.05, 0) is 39.2 Å². The monoisotopic (exact) mass is 224 g/mol. The first-order chi connectivity index (χ1) is 7.72. The van der Waals surface area contributed by atoms with Gasteiger partial charge in [0.15, 0.2) is 0 Å². The highest BCUT2D eigenvalue weighted by atomic mass is 16.2. The second-order valence-electron chi connectivity index (χ2n) is 5.34. The molecule has 0 aromatic carbocycles. The van der Waals surface area contributed by atoms with Crippen LogP contribution in [0.3, 0.4) is 0 Å². The molecular weight excluding hydrogens is 200 g/mol. The summed E-state index contributed by atoms with van der Waals surface area (Å²) in [5, 5.41) is 3.31. The van der Waals surface area contributed by atoms with E-state index >= 15 is 0 Å². The molecule has 3 nitrogen and oxygen atoms in total. The van der Waals surface area contributed by atoms with Gasteiger partial charge in [-0.2, -0.15) is 0 Å². The van der Waals surface area contributed by atoms with Crippen molar-refractivity contribution >= 4 is 5.91 Å². The fourth-order valence-electron chi connectivity index (χ4n) is 3.03. The van der Waals surface area contributed by atoms with E-state index in [-0.39, 0.29) is 5.41 Å². The SMILES string of the molecule is CCC1(C(=O)N2CCC(NC)CC2)CCC1. The molecule has 0 radical (unpaired) electrons. The van der Waals surface area contributed by atoms with E-state index < -0.39 is 0 Å². The number of nitrogens with zero attached hydrogens (tertiary/aromatic N) is 1. The lowest BCUT2D eigenvalue weighted by molar-refractivity contribution is -0.149. The zero-order valence-corrected chi connectivity index (χ0v) is 10.6. The smallest absolute Gasteiger partial charge is 0.228 e. The second-order valence-corrected chi connectivity index (χ2v) is 5.34. The van der Waals surface area contributed by atoms with Gasteiger partial charge in [0.25, 0.3) is 0 Å². The standard InChI is InChI=1S/C13H24N2O/c1-3-13(7-4-8-13)12(16)15-9-5-11(14-2)6-10-15/h11,14H,3-10H2,1-2H3. The lowest BCUT2D eigenvalue weighted by Crippen LogP contribution is -2.52. The third-order valence-electron chi connectivity index (χ3n) is 4.63. The van der Waals surface area contributed by atoms with E-state index in [4.69, 9.17) is 0 Å². The predicted octanol–water partition coefficient (Wildman–Crippen LogP) is 1.78. The molecule has 1 saturated carbocycles. The average molecular weight is 224 g/mol. The van der Waals surface area contributed by atoms with Gasteiger partial charge in [0, 0.05) is 24.5 Å². The Kier molecular flexibility index (Phi) is 3.53. The molecule has 1 aliphatic heterocycles. The number of hydrogen-bond donors (Lipinski definition) is 1. The molecule has 0 spiro atoms. The third-order valence-corrected chi connectivity index (χ3v) is 4.63. The van der Waals surface area contributed by atoms with E-state index in [9.17, 15) is 4.79 Å². The lowest BCUT2D eigenvalue weighted by atomic mass is 9.66. The van der Waals surface area contributed by atoms with Crippen LogP contribution < -0.4 is 5.32 Å². The van der Waals surface area contributed by atoms with Gasteiger partial charge in [-0.25, -0.2) is 0 Å². The van der Waals surface area contributed by atoms with Crippen molar-refractivity contribution in [1.29, 1.82) is 0 Å². The zero-order valence-electron chi connectivity index (χ0n) is 10.6. The van der Waals surface area contributed by atoms with Crippen molar-refractivity contribution in [2.45, 2.75) is 51.5 Å². The molecule has 0 aromatic heterocycles. The first kappa shape index (κ1) is 11.9. The number of amides is 1. The molecule has 0 aromatic rings. The van der Waals surface area contributed by atoms with E-state index in [1.165, 1.54) is 6.42 Å². The highest BCUT2D eigenvalue weighted by Gasteiger charge is 2.44. The molecule has 1 heterocycles. The summed E-state index contributed by atoms with van der Waals surface area (Å²) >= 11 is 0. The summed E-state index contributed by atoms with van der Waals surface area (Å²) in [6.45, 7) is 4.07. The summed E-state index contributed by atoms with van der Waals surface area (Å²) in [6, 6.07) is 0.614. The van der Waals surface area contributed by atoms with E-state index in [1.807, 2.05) is 7.05 Å². The second kappa shape index (κ2) is 4.74. The predicted molar refractivity (Wildman–Crippen MR) is 65.2 cm³/mol. The number of rotatable bonds is 3. The molecule has 0 unspecified atom stereocenters. The maximum Gasteiger partial charge on any atom is 0.228 e. The minimum Gasteiger partial charge on any atom is -0.342 e. The number of piperidine rings is 1. The molecule has 1 N–H and O–H groups in total. The van der Waals surface area contributed by atoms with Crippen molar-refractivity contribution in [3.63, 3.8) is 0 Å². The van der Waals surface area contributed by atoms with Gasteiger partial charge >= 0.3 is 0 Å².